The minimum Gasteiger partial charge on any atom is -0.452 e. The SMILES string of the molecule is O=C(COC(=O)c1cccc(S(=O)(=O)N2CCCCCC2)c1)NCc1ccc(Cl)cc1Cl. The summed E-state index contributed by atoms with van der Waals surface area (Å²) in [5.74, 6) is -1.30. The average molecular weight is 499 g/mol. The first-order valence-electron chi connectivity index (χ1n) is 10.3. The van der Waals surface area contributed by atoms with E-state index in [1.165, 1.54) is 28.6 Å². The Labute approximate surface area is 197 Å². The third kappa shape index (κ3) is 6.45. The minimum absolute atomic E-state index is 0.0377. The number of nitrogens with one attached hydrogen (secondary N) is 1. The van der Waals surface area contributed by atoms with Gasteiger partial charge in [-0.05, 0) is 48.7 Å². The fourth-order valence-corrected chi connectivity index (χ4v) is 5.38. The van der Waals surface area contributed by atoms with Crippen molar-refractivity contribution in [1.29, 1.82) is 0 Å². The van der Waals surface area contributed by atoms with Crippen molar-refractivity contribution in [3.05, 3.63) is 63.6 Å². The molecule has 1 saturated heterocycles. The van der Waals surface area contributed by atoms with E-state index in [1.54, 1.807) is 18.2 Å². The normalized spacial score (nSPS) is 15.1. The van der Waals surface area contributed by atoms with Gasteiger partial charge in [0.15, 0.2) is 6.61 Å². The highest BCUT2D eigenvalue weighted by Gasteiger charge is 2.26. The summed E-state index contributed by atoms with van der Waals surface area (Å²) in [6.07, 6.45) is 3.64. The molecule has 172 valence electrons. The third-order valence-electron chi connectivity index (χ3n) is 5.10. The first kappa shape index (κ1) is 24.5. The van der Waals surface area contributed by atoms with Crippen LogP contribution in [0, 0.1) is 0 Å². The van der Waals surface area contributed by atoms with Crippen molar-refractivity contribution in [3.63, 3.8) is 0 Å². The Morgan fingerprint density at radius 1 is 1.00 bits per heavy atom. The Balaban J connectivity index is 1.57. The van der Waals surface area contributed by atoms with Crippen molar-refractivity contribution in [3.8, 4) is 0 Å². The van der Waals surface area contributed by atoms with E-state index in [9.17, 15) is 18.0 Å². The lowest BCUT2D eigenvalue weighted by Gasteiger charge is -2.20. The number of hydrogen-bond acceptors (Lipinski definition) is 5. The van der Waals surface area contributed by atoms with Crippen LogP contribution < -0.4 is 5.32 Å². The number of ether oxygens (including phenoxy) is 1. The highest BCUT2D eigenvalue weighted by atomic mass is 35.5. The summed E-state index contributed by atoms with van der Waals surface area (Å²) < 4.78 is 32.4. The molecular formula is C22H24Cl2N2O5S. The lowest BCUT2D eigenvalue weighted by Crippen LogP contribution is -2.32. The summed E-state index contributed by atoms with van der Waals surface area (Å²) in [6, 6.07) is 10.6. The van der Waals surface area contributed by atoms with Gasteiger partial charge >= 0.3 is 5.97 Å². The molecule has 0 spiro atoms. The molecule has 3 rings (SSSR count). The van der Waals surface area contributed by atoms with Crippen molar-refractivity contribution >= 4 is 45.1 Å². The lowest BCUT2D eigenvalue weighted by atomic mass is 10.2. The Morgan fingerprint density at radius 3 is 2.41 bits per heavy atom. The van der Waals surface area contributed by atoms with Gasteiger partial charge in [0.2, 0.25) is 10.0 Å². The number of carbonyl (C=O) groups excluding carboxylic acids is 2. The molecule has 0 radical (unpaired) electrons. The Bertz CT molecular complexity index is 1080. The zero-order chi connectivity index (χ0) is 23.1. The molecule has 0 aliphatic carbocycles. The number of nitrogens with zero attached hydrogens (tertiary/aromatic N) is 1. The first-order valence-corrected chi connectivity index (χ1v) is 12.4. The number of esters is 1. The van der Waals surface area contributed by atoms with Gasteiger partial charge in [0.1, 0.15) is 0 Å². The van der Waals surface area contributed by atoms with Gasteiger partial charge in [-0.2, -0.15) is 4.31 Å². The van der Waals surface area contributed by atoms with Gasteiger partial charge in [-0.15, -0.1) is 0 Å². The molecule has 0 atom stereocenters. The second kappa shape index (κ2) is 11.1. The largest absolute Gasteiger partial charge is 0.452 e. The monoisotopic (exact) mass is 498 g/mol. The molecule has 1 fully saturated rings. The summed E-state index contributed by atoms with van der Waals surface area (Å²) in [7, 11) is -3.69. The predicted molar refractivity (Wildman–Crippen MR) is 122 cm³/mol. The molecule has 0 saturated carbocycles. The zero-order valence-corrected chi connectivity index (χ0v) is 19.7. The molecule has 1 amide bonds. The van der Waals surface area contributed by atoms with Crippen LogP contribution in [-0.2, 0) is 26.1 Å². The van der Waals surface area contributed by atoms with E-state index in [4.69, 9.17) is 27.9 Å². The number of hydrogen-bond donors (Lipinski definition) is 1. The van der Waals surface area contributed by atoms with E-state index in [0.29, 0.717) is 28.7 Å². The van der Waals surface area contributed by atoms with Crippen LogP contribution >= 0.6 is 23.2 Å². The zero-order valence-electron chi connectivity index (χ0n) is 17.4. The maximum atomic E-state index is 12.9. The molecule has 10 heteroatoms. The van der Waals surface area contributed by atoms with E-state index >= 15 is 0 Å². The Hall–Kier alpha value is -2.13. The number of rotatable bonds is 7. The smallest absolute Gasteiger partial charge is 0.338 e. The van der Waals surface area contributed by atoms with Crippen LogP contribution in [0.15, 0.2) is 47.4 Å². The van der Waals surface area contributed by atoms with E-state index in [2.05, 4.69) is 5.32 Å². The van der Waals surface area contributed by atoms with Crippen LogP contribution in [0.1, 0.15) is 41.6 Å². The standard InChI is InChI=1S/C22H24Cl2N2O5S/c23-18-9-8-17(20(24)13-18)14-25-21(27)15-31-22(28)16-6-5-7-19(12-16)32(29,30)26-10-3-1-2-4-11-26/h5-9,12-13H,1-4,10-11,14-15H2,(H,25,27). The molecule has 1 N–H and O–H groups in total. The minimum atomic E-state index is -3.69. The van der Waals surface area contributed by atoms with Gasteiger partial charge in [-0.3, -0.25) is 4.79 Å². The summed E-state index contributed by atoms with van der Waals surface area (Å²) >= 11 is 11.9. The van der Waals surface area contributed by atoms with Gasteiger partial charge in [-0.1, -0.05) is 48.2 Å². The molecular weight excluding hydrogens is 475 g/mol. The summed E-state index contributed by atoms with van der Waals surface area (Å²) in [4.78, 5) is 24.5. The van der Waals surface area contributed by atoms with Gasteiger partial charge in [-0.25, -0.2) is 13.2 Å². The molecule has 2 aromatic rings. The molecule has 1 aliphatic rings. The van der Waals surface area contributed by atoms with Crippen LogP contribution in [0.3, 0.4) is 0 Å². The van der Waals surface area contributed by atoms with E-state index in [-0.39, 0.29) is 17.0 Å². The number of halogens is 2. The third-order valence-corrected chi connectivity index (χ3v) is 7.58. The average Bonchev–Trinajstić information content (AvgIpc) is 3.07. The number of carbonyl (C=O) groups is 2. The number of amides is 1. The fraction of sp³-hybridized carbons (Fsp3) is 0.364. The Morgan fingerprint density at radius 2 is 1.72 bits per heavy atom. The second-order valence-electron chi connectivity index (χ2n) is 7.43. The van der Waals surface area contributed by atoms with Crippen LogP contribution in [0.25, 0.3) is 0 Å². The van der Waals surface area contributed by atoms with Crippen molar-refractivity contribution in [1.82, 2.24) is 9.62 Å². The van der Waals surface area contributed by atoms with Crippen LogP contribution in [-0.4, -0.2) is 44.3 Å². The van der Waals surface area contributed by atoms with Crippen LogP contribution in [0.5, 0.6) is 0 Å². The van der Waals surface area contributed by atoms with E-state index in [1.807, 2.05) is 0 Å². The predicted octanol–water partition coefficient (Wildman–Crippen LogP) is 4.03. The van der Waals surface area contributed by atoms with Gasteiger partial charge < -0.3 is 10.1 Å². The topological polar surface area (TPSA) is 92.8 Å². The lowest BCUT2D eigenvalue weighted by molar-refractivity contribution is -0.124. The Kier molecular flexibility index (Phi) is 8.53. The van der Waals surface area contributed by atoms with Crippen molar-refractivity contribution in [2.45, 2.75) is 37.1 Å². The van der Waals surface area contributed by atoms with Crippen molar-refractivity contribution < 1.29 is 22.7 Å². The van der Waals surface area contributed by atoms with E-state index < -0.39 is 28.5 Å². The maximum Gasteiger partial charge on any atom is 0.338 e. The van der Waals surface area contributed by atoms with E-state index in [0.717, 1.165) is 25.7 Å². The second-order valence-corrected chi connectivity index (χ2v) is 10.2. The molecule has 1 aliphatic heterocycles. The highest BCUT2D eigenvalue weighted by Crippen LogP contribution is 2.22. The van der Waals surface area contributed by atoms with Crippen molar-refractivity contribution in [2.75, 3.05) is 19.7 Å². The maximum absolute atomic E-state index is 12.9. The van der Waals surface area contributed by atoms with Crippen molar-refractivity contribution in [2.24, 2.45) is 0 Å². The van der Waals surface area contributed by atoms with Crippen LogP contribution in [0.2, 0.25) is 10.0 Å². The molecule has 0 unspecified atom stereocenters. The first-order chi connectivity index (χ1) is 15.3. The highest BCUT2D eigenvalue weighted by molar-refractivity contribution is 7.89. The van der Waals surface area contributed by atoms with Gasteiger partial charge in [0, 0.05) is 29.7 Å². The summed E-state index contributed by atoms with van der Waals surface area (Å²) in [5, 5.41) is 3.50. The number of sulfonamides is 1. The van der Waals surface area contributed by atoms with Gasteiger partial charge in [0.05, 0.1) is 10.5 Å². The summed E-state index contributed by atoms with van der Waals surface area (Å²) in [5.41, 5.74) is 0.733. The molecule has 0 aromatic heterocycles. The quantitative estimate of drug-likeness (QED) is 0.581. The number of benzene rings is 2. The molecule has 0 bridgehead atoms. The molecule has 1 heterocycles. The fourth-order valence-electron chi connectivity index (χ4n) is 3.34. The molecule has 7 nitrogen and oxygen atoms in total. The summed E-state index contributed by atoms with van der Waals surface area (Å²) in [6.45, 7) is 0.576. The molecule has 2 aromatic carbocycles. The van der Waals surface area contributed by atoms with Gasteiger partial charge in [0.25, 0.3) is 5.91 Å². The molecule has 32 heavy (non-hydrogen) atoms. The van der Waals surface area contributed by atoms with Crippen LogP contribution in [0.4, 0.5) is 0 Å².